The van der Waals surface area contributed by atoms with Gasteiger partial charge in [0.25, 0.3) is 6.33 Å². The molecule has 0 unspecified atom stereocenters. The second-order valence-electron chi connectivity index (χ2n) is 14.1. The van der Waals surface area contributed by atoms with Crippen LogP contribution >= 0.6 is 0 Å². The summed E-state index contributed by atoms with van der Waals surface area (Å²) in [7, 11) is 0. The molecule has 4 heteroatoms. The van der Waals surface area contributed by atoms with E-state index in [2.05, 4.69) is 93.7 Å². The van der Waals surface area contributed by atoms with Gasteiger partial charge in [0, 0.05) is 22.3 Å². The standard InChI is InChI=1S/C43H69N2O2/c1-7-9-11-13-15-17-19-21-23-25-29-46-40-31-36(3)42(37(4)32-40)44-27-28-45(35-44)43-38(5)33-41(34-39(43)6)47-30-26-24-22-20-18-16-14-12-10-8-2/h27-28,31-35H,7-26,29-30H2,1-6H3/q+1. The average molecular weight is 646 g/mol. The summed E-state index contributed by atoms with van der Waals surface area (Å²) in [6.07, 6.45) is 33.4. The largest absolute Gasteiger partial charge is 0.494 e. The summed E-state index contributed by atoms with van der Waals surface area (Å²) in [5.41, 5.74) is 7.37. The average Bonchev–Trinajstić information content (AvgIpc) is 3.50. The summed E-state index contributed by atoms with van der Waals surface area (Å²) < 4.78 is 16.9. The molecule has 0 saturated heterocycles. The highest BCUT2D eigenvalue weighted by Crippen LogP contribution is 2.27. The Balaban J connectivity index is 1.44. The topological polar surface area (TPSA) is 27.3 Å². The predicted octanol–water partition coefficient (Wildman–Crippen LogP) is 12.6. The van der Waals surface area contributed by atoms with E-state index in [4.69, 9.17) is 9.47 Å². The number of unbranched alkanes of at least 4 members (excludes halogenated alkanes) is 18. The molecular weight excluding hydrogens is 576 g/mol. The zero-order valence-electron chi connectivity index (χ0n) is 31.3. The van der Waals surface area contributed by atoms with Crippen LogP contribution in [0.5, 0.6) is 11.5 Å². The van der Waals surface area contributed by atoms with Crippen molar-refractivity contribution in [2.24, 2.45) is 0 Å². The minimum Gasteiger partial charge on any atom is -0.494 e. The van der Waals surface area contributed by atoms with Gasteiger partial charge in [0.15, 0.2) is 0 Å². The third-order valence-electron chi connectivity index (χ3n) is 9.62. The monoisotopic (exact) mass is 646 g/mol. The smallest absolute Gasteiger partial charge is 0.254 e. The van der Waals surface area contributed by atoms with Crippen LogP contribution in [0.4, 0.5) is 0 Å². The third-order valence-corrected chi connectivity index (χ3v) is 9.62. The van der Waals surface area contributed by atoms with E-state index in [9.17, 15) is 0 Å². The Hall–Kier alpha value is -2.75. The first kappa shape index (κ1) is 38.7. The van der Waals surface area contributed by atoms with E-state index in [0.717, 1.165) is 37.6 Å². The van der Waals surface area contributed by atoms with Crippen molar-refractivity contribution in [1.29, 1.82) is 0 Å². The predicted molar refractivity (Wildman–Crippen MR) is 201 cm³/mol. The van der Waals surface area contributed by atoms with E-state index in [1.54, 1.807) is 0 Å². The molecule has 262 valence electrons. The van der Waals surface area contributed by atoms with Gasteiger partial charge in [-0.1, -0.05) is 129 Å². The van der Waals surface area contributed by atoms with Crippen LogP contribution in [-0.4, -0.2) is 17.8 Å². The van der Waals surface area contributed by atoms with Gasteiger partial charge in [-0.15, -0.1) is 0 Å². The van der Waals surface area contributed by atoms with Gasteiger partial charge < -0.3 is 9.47 Å². The fourth-order valence-corrected chi connectivity index (χ4v) is 6.99. The van der Waals surface area contributed by atoms with Crippen LogP contribution in [-0.2, 0) is 0 Å². The third kappa shape index (κ3) is 14.1. The van der Waals surface area contributed by atoms with Crippen molar-refractivity contribution >= 4 is 0 Å². The summed E-state index contributed by atoms with van der Waals surface area (Å²) in [4.78, 5) is 0. The van der Waals surface area contributed by atoms with Crippen molar-refractivity contribution in [3.05, 3.63) is 65.2 Å². The van der Waals surface area contributed by atoms with E-state index in [1.807, 2.05) is 0 Å². The van der Waals surface area contributed by atoms with Gasteiger partial charge in [-0.25, -0.2) is 9.13 Å². The van der Waals surface area contributed by atoms with Crippen LogP contribution in [0.1, 0.15) is 165 Å². The molecule has 47 heavy (non-hydrogen) atoms. The summed E-state index contributed by atoms with van der Waals surface area (Å²) in [6, 6.07) is 8.78. The highest BCUT2D eigenvalue weighted by atomic mass is 16.5. The fraction of sp³-hybridized carbons (Fsp3) is 0.651. The van der Waals surface area contributed by atoms with Gasteiger partial charge in [0.1, 0.15) is 35.3 Å². The Labute approximate surface area is 289 Å². The molecular formula is C43H69N2O2+. The highest BCUT2D eigenvalue weighted by molar-refractivity contribution is 5.51. The molecule has 2 aromatic carbocycles. The molecule has 0 aliphatic rings. The first-order chi connectivity index (χ1) is 22.9. The lowest BCUT2D eigenvalue weighted by Crippen LogP contribution is -2.30. The Morgan fingerprint density at radius 1 is 0.489 bits per heavy atom. The Kier molecular flexibility index (Phi) is 18.7. The van der Waals surface area contributed by atoms with Gasteiger partial charge in [0.05, 0.1) is 13.2 Å². The molecule has 0 radical (unpaired) electrons. The van der Waals surface area contributed by atoms with E-state index in [1.165, 1.54) is 149 Å². The second-order valence-corrected chi connectivity index (χ2v) is 14.1. The first-order valence-electron chi connectivity index (χ1n) is 19.5. The molecule has 0 aliphatic carbocycles. The molecule has 1 aromatic heterocycles. The maximum atomic E-state index is 6.19. The van der Waals surface area contributed by atoms with Crippen molar-refractivity contribution in [2.45, 2.75) is 170 Å². The molecule has 4 nitrogen and oxygen atoms in total. The molecule has 0 fully saturated rings. The zero-order chi connectivity index (χ0) is 33.7. The molecule has 0 N–H and O–H groups in total. The van der Waals surface area contributed by atoms with Crippen LogP contribution in [0.2, 0.25) is 0 Å². The lowest BCUT2D eigenvalue weighted by atomic mass is 10.1. The van der Waals surface area contributed by atoms with Gasteiger partial charge in [-0.2, -0.15) is 0 Å². The number of rotatable bonds is 26. The number of imidazole rings is 1. The Morgan fingerprint density at radius 3 is 1.26 bits per heavy atom. The molecule has 1 heterocycles. The maximum absolute atomic E-state index is 6.19. The van der Waals surface area contributed by atoms with Gasteiger partial charge in [-0.05, 0) is 64.8 Å². The molecule has 0 bridgehead atoms. The summed E-state index contributed by atoms with van der Waals surface area (Å²) in [5, 5.41) is 0. The molecule has 0 amide bonds. The van der Waals surface area contributed by atoms with Gasteiger partial charge in [-0.3, -0.25) is 0 Å². The van der Waals surface area contributed by atoms with E-state index in [0.29, 0.717) is 0 Å². The van der Waals surface area contributed by atoms with E-state index < -0.39 is 0 Å². The minimum absolute atomic E-state index is 0.801. The van der Waals surface area contributed by atoms with Crippen molar-refractivity contribution in [3.8, 4) is 22.9 Å². The molecule has 0 saturated carbocycles. The molecule has 0 atom stereocenters. The molecule has 0 spiro atoms. The number of ether oxygens (including phenoxy) is 2. The maximum Gasteiger partial charge on any atom is 0.254 e. The van der Waals surface area contributed by atoms with Crippen LogP contribution in [0.15, 0.2) is 43.0 Å². The van der Waals surface area contributed by atoms with Gasteiger partial charge in [0.2, 0.25) is 0 Å². The lowest BCUT2D eigenvalue weighted by Gasteiger charge is -2.12. The van der Waals surface area contributed by atoms with Crippen LogP contribution in [0, 0.1) is 27.7 Å². The van der Waals surface area contributed by atoms with E-state index >= 15 is 0 Å². The van der Waals surface area contributed by atoms with Crippen LogP contribution in [0.3, 0.4) is 0 Å². The van der Waals surface area contributed by atoms with Crippen molar-refractivity contribution < 1.29 is 14.0 Å². The van der Waals surface area contributed by atoms with Gasteiger partial charge >= 0.3 is 0 Å². The fourth-order valence-electron chi connectivity index (χ4n) is 6.99. The summed E-state index contributed by atoms with van der Waals surface area (Å²) in [6.45, 7) is 14.9. The molecule has 0 aliphatic heterocycles. The second kappa shape index (κ2) is 22.8. The number of hydrogen-bond donors (Lipinski definition) is 0. The first-order valence-corrected chi connectivity index (χ1v) is 19.5. The number of nitrogens with zero attached hydrogens (tertiary/aromatic N) is 2. The quantitative estimate of drug-likeness (QED) is 0.0641. The lowest BCUT2D eigenvalue weighted by molar-refractivity contribution is -0.595. The number of benzene rings is 2. The van der Waals surface area contributed by atoms with Crippen molar-refractivity contribution in [1.82, 2.24) is 4.57 Å². The molecule has 3 rings (SSSR count). The van der Waals surface area contributed by atoms with E-state index in [-0.39, 0.29) is 0 Å². The number of aryl methyl sites for hydroxylation is 4. The SMILES string of the molecule is CCCCCCCCCCCCOc1cc(C)c(-n2cc[n+](-c3c(C)cc(OCCCCCCCCCCCC)cc3C)c2)c(C)c1. The normalized spacial score (nSPS) is 11.4. The summed E-state index contributed by atoms with van der Waals surface area (Å²) in [5.74, 6) is 1.97. The van der Waals surface area contributed by atoms with Crippen LogP contribution in [0.25, 0.3) is 11.4 Å². The minimum atomic E-state index is 0.801. The molecule has 3 aromatic rings. The van der Waals surface area contributed by atoms with Crippen molar-refractivity contribution in [3.63, 3.8) is 0 Å². The van der Waals surface area contributed by atoms with Crippen LogP contribution < -0.4 is 14.0 Å². The Bertz CT molecular complexity index is 1130. The highest BCUT2D eigenvalue weighted by Gasteiger charge is 2.18. The number of hydrogen-bond acceptors (Lipinski definition) is 2. The number of aromatic nitrogens is 2. The van der Waals surface area contributed by atoms with Crippen molar-refractivity contribution in [2.75, 3.05) is 13.2 Å². The zero-order valence-corrected chi connectivity index (χ0v) is 31.3. The summed E-state index contributed by atoms with van der Waals surface area (Å²) >= 11 is 0. The Morgan fingerprint density at radius 2 is 0.851 bits per heavy atom.